The number of carbonyl (C=O) groups excluding carboxylic acids is 3. The molecule has 0 aliphatic carbocycles. The number of hydrogen-bond acceptors (Lipinski definition) is 5. The molecule has 10 heteroatoms. The van der Waals surface area contributed by atoms with E-state index in [0.717, 1.165) is 9.77 Å². The maximum absolute atomic E-state index is 13.1. The minimum Gasteiger partial charge on any atom is -0.325 e. The van der Waals surface area contributed by atoms with Crippen LogP contribution in [0.2, 0.25) is 10.0 Å². The Kier molecular flexibility index (Phi) is 9.62. The normalized spacial score (nSPS) is 11.1. The Morgan fingerprint density at radius 1 is 0.816 bits per heavy atom. The molecule has 3 aromatic carbocycles. The van der Waals surface area contributed by atoms with Crippen molar-refractivity contribution in [3.63, 3.8) is 0 Å². The van der Waals surface area contributed by atoms with Crippen LogP contribution in [0.1, 0.15) is 15.2 Å². The van der Waals surface area contributed by atoms with E-state index in [2.05, 4.69) is 16.0 Å². The van der Waals surface area contributed by atoms with Crippen molar-refractivity contribution in [2.45, 2.75) is 4.90 Å². The van der Waals surface area contributed by atoms with Gasteiger partial charge in [0.1, 0.15) is 5.70 Å². The van der Waals surface area contributed by atoms with Gasteiger partial charge in [-0.05, 0) is 72.1 Å². The summed E-state index contributed by atoms with van der Waals surface area (Å²) in [7, 11) is 0. The van der Waals surface area contributed by atoms with E-state index in [9.17, 15) is 14.4 Å². The molecule has 0 saturated heterocycles. The molecule has 1 heterocycles. The lowest BCUT2D eigenvalue weighted by atomic mass is 10.2. The molecule has 0 radical (unpaired) electrons. The first kappa shape index (κ1) is 27.5. The molecule has 3 N–H and O–H groups in total. The SMILES string of the molecule is O=C(CSc1ccc(NC(=O)/C(=C/c2cccs2)NC(=O)c2ccccc2)cc1)Nc1ccc(Cl)c(Cl)c1. The summed E-state index contributed by atoms with van der Waals surface area (Å²) in [6, 6.07) is 24.4. The third-order valence-corrected chi connectivity index (χ3v) is 7.61. The Morgan fingerprint density at radius 3 is 2.24 bits per heavy atom. The molecular formula is C28H21Cl2N3O3S2. The molecule has 4 rings (SSSR count). The Hall–Kier alpha value is -3.56. The molecule has 0 bridgehead atoms. The Bertz CT molecular complexity index is 1460. The van der Waals surface area contributed by atoms with Crippen LogP contribution >= 0.6 is 46.3 Å². The van der Waals surface area contributed by atoms with Crippen LogP contribution in [0.4, 0.5) is 11.4 Å². The lowest BCUT2D eigenvalue weighted by Crippen LogP contribution is -2.30. The number of benzene rings is 3. The Labute approximate surface area is 238 Å². The van der Waals surface area contributed by atoms with Crippen molar-refractivity contribution >= 4 is 81.5 Å². The van der Waals surface area contributed by atoms with Crippen LogP contribution < -0.4 is 16.0 Å². The van der Waals surface area contributed by atoms with E-state index in [1.54, 1.807) is 72.8 Å². The van der Waals surface area contributed by atoms with Gasteiger partial charge in [-0.1, -0.05) is 47.5 Å². The number of anilines is 2. The number of thiophene rings is 1. The summed E-state index contributed by atoms with van der Waals surface area (Å²) >= 11 is 14.7. The fourth-order valence-electron chi connectivity index (χ4n) is 3.21. The van der Waals surface area contributed by atoms with E-state index < -0.39 is 5.91 Å². The highest BCUT2D eigenvalue weighted by Crippen LogP contribution is 2.26. The van der Waals surface area contributed by atoms with Crippen LogP contribution in [0.15, 0.2) is 101 Å². The number of nitrogens with one attached hydrogen (secondary N) is 3. The predicted octanol–water partition coefficient (Wildman–Crippen LogP) is 7.20. The largest absolute Gasteiger partial charge is 0.325 e. The molecule has 4 aromatic rings. The van der Waals surface area contributed by atoms with Gasteiger partial charge >= 0.3 is 0 Å². The first-order valence-electron chi connectivity index (χ1n) is 11.3. The van der Waals surface area contributed by atoms with Crippen LogP contribution in [0.3, 0.4) is 0 Å². The number of amides is 3. The van der Waals surface area contributed by atoms with Crippen LogP contribution in [0.25, 0.3) is 6.08 Å². The first-order chi connectivity index (χ1) is 18.4. The topological polar surface area (TPSA) is 87.3 Å². The van der Waals surface area contributed by atoms with Gasteiger partial charge in [0.05, 0.1) is 15.8 Å². The summed E-state index contributed by atoms with van der Waals surface area (Å²) in [5.74, 6) is -0.840. The lowest BCUT2D eigenvalue weighted by Gasteiger charge is -2.11. The predicted molar refractivity (Wildman–Crippen MR) is 157 cm³/mol. The highest BCUT2D eigenvalue weighted by atomic mass is 35.5. The van der Waals surface area contributed by atoms with Crippen LogP contribution in [0, 0.1) is 0 Å². The zero-order valence-electron chi connectivity index (χ0n) is 19.7. The zero-order valence-corrected chi connectivity index (χ0v) is 22.9. The minimum absolute atomic E-state index is 0.124. The van der Waals surface area contributed by atoms with Crippen molar-refractivity contribution < 1.29 is 14.4 Å². The smallest absolute Gasteiger partial charge is 0.272 e. The number of hydrogen-bond donors (Lipinski definition) is 3. The second-order valence-electron chi connectivity index (χ2n) is 7.84. The molecular weight excluding hydrogens is 561 g/mol. The Balaban J connectivity index is 1.36. The van der Waals surface area contributed by atoms with E-state index in [1.165, 1.54) is 23.1 Å². The van der Waals surface area contributed by atoms with Gasteiger partial charge in [0.15, 0.2) is 0 Å². The van der Waals surface area contributed by atoms with Crippen molar-refractivity contribution in [3.8, 4) is 0 Å². The van der Waals surface area contributed by atoms with Gasteiger partial charge in [-0.3, -0.25) is 14.4 Å². The zero-order chi connectivity index (χ0) is 26.9. The third-order valence-electron chi connectivity index (χ3n) is 5.04. The third kappa shape index (κ3) is 7.97. The molecule has 192 valence electrons. The molecule has 0 fully saturated rings. The van der Waals surface area contributed by atoms with E-state index in [-0.39, 0.29) is 23.3 Å². The van der Waals surface area contributed by atoms with E-state index in [0.29, 0.717) is 27.0 Å². The molecule has 3 amide bonds. The molecule has 0 atom stereocenters. The molecule has 0 unspecified atom stereocenters. The summed E-state index contributed by atoms with van der Waals surface area (Å²) < 4.78 is 0. The van der Waals surface area contributed by atoms with Crippen molar-refractivity contribution in [1.82, 2.24) is 5.32 Å². The van der Waals surface area contributed by atoms with Gasteiger partial charge in [0.2, 0.25) is 5.91 Å². The minimum atomic E-state index is -0.455. The summed E-state index contributed by atoms with van der Waals surface area (Å²) in [6.07, 6.45) is 1.64. The molecule has 0 aliphatic heterocycles. The molecule has 38 heavy (non-hydrogen) atoms. The van der Waals surface area contributed by atoms with Gasteiger partial charge in [-0.25, -0.2) is 0 Å². The average Bonchev–Trinajstić information content (AvgIpc) is 3.44. The lowest BCUT2D eigenvalue weighted by molar-refractivity contribution is -0.114. The maximum atomic E-state index is 13.1. The van der Waals surface area contributed by atoms with Crippen molar-refractivity contribution in [3.05, 3.63) is 116 Å². The van der Waals surface area contributed by atoms with E-state index in [4.69, 9.17) is 23.2 Å². The van der Waals surface area contributed by atoms with Crippen molar-refractivity contribution in [1.29, 1.82) is 0 Å². The number of rotatable bonds is 9. The molecule has 1 aromatic heterocycles. The second-order valence-corrected chi connectivity index (χ2v) is 10.7. The number of carbonyl (C=O) groups is 3. The van der Waals surface area contributed by atoms with Crippen LogP contribution in [-0.4, -0.2) is 23.5 Å². The molecule has 6 nitrogen and oxygen atoms in total. The standard InChI is InChI=1S/C28H21Cl2N3O3S2/c29-23-13-10-20(15-24(23)30)31-26(34)17-38-21-11-8-19(9-12-21)32-28(36)25(16-22-7-4-14-37-22)33-27(35)18-5-2-1-3-6-18/h1-16H,17H2,(H,31,34)(H,32,36)(H,33,35)/b25-16-. The Morgan fingerprint density at radius 2 is 1.55 bits per heavy atom. The monoisotopic (exact) mass is 581 g/mol. The summed E-state index contributed by atoms with van der Waals surface area (Å²) in [5, 5.41) is 11.0. The second kappa shape index (κ2) is 13.3. The van der Waals surface area contributed by atoms with Gasteiger partial charge in [-0.15, -0.1) is 23.1 Å². The highest BCUT2D eigenvalue weighted by Gasteiger charge is 2.15. The number of halogens is 2. The quantitative estimate of drug-likeness (QED) is 0.144. The number of thioether (sulfide) groups is 1. The molecule has 0 spiro atoms. The van der Waals surface area contributed by atoms with Crippen molar-refractivity contribution in [2.75, 3.05) is 16.4 Å². The molecule has 0 saturated carbocycles. The highest BCUT2D eigenvalue weighted by molar-refractivity contribution is 8.00. The maximum Gasteiger partial charge on any atom is 0.272 e. The van der Waals surface area contributed by atoms with Gasteiger partial charge in [-0.2, -0.15) is 0 Å². The van der Waals surface area contributed by atoms with Crippen LogP contribution in [-0.2, 0) is 9.59 Å². The summed E-state index contributed by atoms with van der Waals surface area (Å²) in [5.41, 5.74) is 1.68. The van der Waals surface area contributed by atoms with Crippen LogP contribution in [0.5, 0.6) is 0 Å². The van der Waals surface area contributed by atoms with Gasteiger partial charge < -0.3 is 16.0 Å². The van der Waals surface area contributed by atoms with Gasteiger partial charge in [0.25, 0.3) is 11.8 Å². The average molecular weight is 583 g/mol. The summed E-state index contributed by atoms with van der Waals surface area (Å²) in [6.45, 7) is 0. The van der Waals surface area contributed by atoms with E-state index >= 15 is 0 Å². The molecule has 0 aliphatic rings. The van der Waals surface area contributed by atoms with E-state index in [1.807, 2.05) is 23.6 Å². The fraction of sp³-hybridized carbons (Fsp3) is 0.0357. The van der Waals surface area contributed by atoms with Crippen molar-refractivity contribution in [2.24, 2.45) is 0 Å². The summed E-state index contributed by atoms with van der Waals surface area (Å²) in [4.78, 5) is 39.7. The fourth-order valence-corrected chi connectivity index (χ4v) is 4.86. The van der Waals surface area contributed by atoms with Gasteiger partial charge in [0, 0.05) is 26.7 Å². The first-order valence-corrected chi connectivity index (χ1v) is 13.9.